The smallest absolute Gasteiger partial charge is 0.0693 e. The molecule has 4 unspecified atom stereocenters. The molecule has 0 bridgehead atoms. The quantitative estimate of drug-likeness (QED) is 0.770. The third-order valence-electron chi connectivity index (χ3n) is 3.91. The molecular weight excluding hydrogens is 202 g/mol. The SMILES string of the molecule is CCCC1CC(NC2CCCC2O)CCO1. The second-order valence-corrected chi connectivity index (χ2v) is 5.27. The Labute approximate surface area is 98.6 Å². The van der Waals surface area contributed by atoms with E-state index in [9.17, 15) is 5.11 Å². The summed E-state index contributed by atoms with van der Waals surface area (Å²) in [4.78, 5) is 0. The third kappa shape index (κ3) is 3.19. The van der Waals surface area contributed by atoms with E-state index in [-0.39, 0.29) is 6.10 Å². The van der Waals surface area contributed by atoms with Gasteiger partial charge >= 0.3 is 0 Å². The highest BCUT2D eigenvalue weighted by molar-refractivity contribution is 4.87. The Morgan fingerprint density at radius 3 is 2.88 bits per heavy atom. The largest absolute Gasteiger partial charge is 0.392 e. The number of hydrogen-bond donors (Lipinski definition) is 2. The fraction of sp³-hybridized carbons (Fsp3) is 1.00. The van der Waals surface area contributed by atoms with Crippen molar-refractivity contribution in [2.75, 3.05) is 6.61 Å². The molecule has 2 fully saturated rings. The van der Waals surface area contributed by atoms with Crippen LogP contribution in [-0.4, -0.2) is 36.0 Å². The average Bonchev–Trinajstić information content (AvgIpc) is 2.66. The lowest BCUT2D eigenvalue weighted by Crippen LogP contribution is -2.46. The minimum atomic E-state index is -0.118. The predicted molar refractivity (Wildman–Crippen MR) is 64.5 cm³/mol. The third-order valence-corrected chi connectivity index (χ3v) is 3.91. The van der Waals surface area contributed by atoms with Crippen LogP contribution in [0.25, 0.3) is 0 Å². The van der Waals surface area contributed by atoms with Crippen LogP contribution >= 0.6 is 0 Å². The zero-order chi connectivity index (χ0) is 11.4. The second kappa shape index (κ2) is 5.99. The lowest BCUT2D eigenvalue weighted by molar-refractivity contribution is -0.00791. The zero-order valence-corrected chi connectivity index (χ0v) is 10.3. The van der Waals surface area contributed by atoms with Crippen molar-refractivity contribution in [3.05, 3.63) is 0 Å². The lowest BCUT2D eigenvalue weighted by atomic mass is 9.99. The molecular formula is C13H25NO2. The first-order valence-electron chi connectivity index (χ1n) is 6.85. The summed E-state index contributed by atoms with van der Waals surface area (Å²) in [6.45, 7) is 3.09. The van der Waals surface area contributed by atoms with Crippen LogP contribution in [0.2, 0.25) is 0 Å². The van der Waals surface area contributed by atoms with Gasteiger partial charge in [-0.2, -0.15) is 0 Å². The van der Waals surface area contributed by atoms with E-state index in [1.807, 2.05) is 0 Å². The van der Waals surface area contributed by atoms with Gasteiger partial charge in [0.1, 0.15) is 0 Å². The molecule has 1 saturated carbocycles. The Balaban J connectivity index is 1.76. The highest BCUT2D eigenvalue weighted by Crippen LogP contribution is 2.23. The molecule has 1 aliphatic carbocycles. The summed E-state index contributed by atoms with van der Waals surface area (Å²) in [5.74, 6) is 0. The summed E-state index contributed by atoms with van der Waals surface area (Å²) in [6, 6.07) is 0.897. The number of hydrogen-bond acceptors (Lipinski definition) is 3. The molecule has 2 N–H and O–H groups in total. The molecule has 1 saturated heterocycles. The standard InChI is InChI=1S/C13H25NO2/c1-2-4-11-9-10(7-8-16-11)14-12-5-3-6-13(12)15/h10-15H,2-9H2,1H3. The van der Waals surface area contributed by atoms with Crippen molar-refractivity contribution < 1.29 is 9.84 Å². The molecule has 94 valence electrons. The molecule has 0 amide bonds. The molecule has 4 atom stereocenters. The van der Waals surface area contributed by atoms with Gasteiger partial charge in [0.25, 0.3) is 0 Å². The van der Waals surface area contributed by atoms with Crippen molar-refractivity contribution in [2.24, 2.45) is 0 Å². The fourth-order valence-corrected chi connectivity index (χ4v) is 2.99. The van der Waals surface area contributed by atoms with Gasteiger partial charge in [0.2, 0.25) is 0 Å². The number of rotatable bonds is 4. The van der Waals surface area contributed by atoms with Gasteiger partial charge in [-0.1, -0.05) is 13.3 Å². The van der Waals surface area contributed by atoms with Crippen molar-refractivity contribution in [3.63, 3.8) is 0 Å². The molecule has 2 rings (SSSR count). The van der Waals surface area contributed by atoms with Gasteiger partial charge in [0.15, 0.2) is 0 Å². The van der Waals surface area contributed by atoms with E-state index in [1.54, 1.807) is 0 Å². The Hall–Kier alpha value is -0.120. The molecule has 0 radical (unpaired) electrons. The molecule has 0 aromatic heterocycles. The minimum Gasteiger partial charge on any atom is -0.392 e. The Morgan fingerprint density at radius 1 is 1.31 bits per heavy atom. The topological polar surface area (TPSA) is 41.5 Å². The van der Waals surface area contributed by atoms with Crippen LogP contribution in [0.15, 0.2) is 0 Å². The van der Waals surface area contributed by atoms with Crippen LogP contribution in [-0.2, 0) is 4.74 Å². The van der Waals surface area contributed by atoms with Crippen molar-refractivity contribution in [2.45, 2.75) is 76.2 Å². The summed E-state index contributed by atoms with van der Waals surface area (Å²) in [5.41, 5.74) is 0. The van der Waals surface area contributed by atoms with E-state index in [1.165, 1.54) is 19.3 Å². The minimum absolute atomic E-state index is 0.118. The number of ether oxygens (including phenoxy) is 1. The summed E-state index contributed by atoms with van der Waals surface area (Å²) >= 11 is 0. The molecule has 16 heavy (non-hydrogen) atoms. The van der Waals surface area contributed by atoms with Crippen molar-refractivity contribution in [1.29, 1.82) is 0 Å². The van der Waals surface area contributed by atoms with Gasteiger partial charge in [-0.15, -0.1) is 0 Å². The van der Waals surface area contributed by atoms with Gasteiger partial charge in [0, 0.05) is 18.7 Å². The molecule has 2 aliphatic rings. The normalized spacial score (nSPS) is 40.1. The Bertz CT molecular complexity index is 208. The number of aliphatic hydroxyl groups is 1. The summed E-state index contributed by atoms with van der Waals surface area (Å²) in [7, 11) is 0. The second-order valence-electron chi connectivity index (χ2n) is 5.27. The summed E-state index contributed by atoms with van der Waals surface area (Å²) in [6.07, 6.45) is 8.19. The maximum atomic E-state index is 9.80. The van der Waals surface area contributed by atoms with E-state index in [4.69, 9.17) is 4.74 Å². The van der Waals surface area contributed by atoms with Crippen LogP contribution < -0.4 is 5.32 Å². The van der Waals surface area contributed by atoms with Gasteiger partial charge in [0.05, 0.1) is 12.2 Å². The van der Waals surface area contributed by atoms with Crippen LogP contribution in [0.4, 0.5) is 0 Å². The zero-order valence-electron chi connectivity index (χ0n) is 10.3. The van der Waals surface area contributed by atoms with Crippen LogP contribution in [0, 0.1) is 0 Å². The van der Waals surface area contributed by atoms with Crippen molar-refractivity contribution in [1.82, 2.24) is 5.32 Å². The molecule has 0 spiro atoms. The van der Waals surface area contributed by atoms with Gasteiger partial charge in [-0.25, -0.2) is 0 Å². The van der Waals surface area contributed by atoms with E-state index in [0.29, 0.717) is 18.2 Å². The summed E-state index contributed by atoms with van der Waals surface area (Å²) < 4.78 is 5.74. The van der Waals surface area contributed by atoms with Crippen LogP contribution in [0.3, 0.4) is 0 Å². The number of nitrogens with one attached hydrogen (secondary N) is 1. The average molecular weight is 227 g/mol. The van der Waals surface area contributed by atoms with Crippen molar-refractivity contribution in [3.8, 4) is 0 Å². The first-order chi connectivity index (χ1) is 7.79. The lowest BCUT2D eigenvalue weighted by Gasteiger charge is -2.32. The molecule has 0 aromatic carbocycles. The van der Waals surface area contributed by atoms with Crippen LogP contribution in [0.5, 0.6) is 0 Å². The van der Waals surface area contributed by atoms with E-state index in [0.717, 1.165) is 32.3 Å². The molecule has 1 heterocycles. The van der Waals surface area contributed by atoms with E-state index >= 15 is 0 Å². The fourth-order valence-electron chi connectivity index (χ4n) is 2.99. The van der Waals surface area contributed by atoms with E-state index < -0.39 is 0 Å². The van der Waals surface area contributed by atoms with E-state index in [2.05, 4.69) is 12.2 Å². The van der Waals surface area contributed by atoms with Crippen molar-refractivity contribution >= 4 is 0 Å². The highest BCUT2D eigenvalue weighted by atomic mass is 16.5. The Kier molecular flexibility index (Phi) is 4.62. The molecule has 0 aromatic rings. The number of aliphatic hydroxyl groups excluding tert-OH is 1. The van der Waals surface area contributed by atoms with Crippen LogP contribution in [0.1, 0.15) is 51.9 Å². The molecule has 1 aliphatic heterocycles. The summed E-state index contributed by atoms with van der Waals surface area (Å²) in [5, 5.41) is 13.4. The first-order valence-corrected chi connectivity index (χ1v) is 6.85. The van der Waals surface area contributed by atoms with Gasteiger partial charge in [-0.3, -0.25) is 0 Å². The first kappa shape index (κ1) is 12.3. The Morgan fingerprint density at radius 2 is 2.19 bits per heavy atom. The molecule has 3 nitrogen and oxygen atoms in total. The molecule has 3 heteroatoms. The monoisotopic (exact) mass is 227 g/mol. The highest BCUT2D eigenvalue weighted by Gasteiger charge is 2.29. The maximum Gasteiger partial charge on any atom is 0.0693 e. The van der Waals surface area contributed by atoms with Gasteiger partial charge < -0.3 is 15.2 Å². The van der Waals surface area contributed by atoms with Gasteiger partial charge in [-0.05, 0) is 38.5 Å². The maximum absolute atomic E-state index is 9.80. The predicted octanol–water partition coefficient (Wildman–Crippen LogP) is 1.84.